The fourth-order valence-electron chi connectivity index (χ4n) is 3.52. The number of hydrogen-bond acceptors (Lipinski definition) is 2. The third-order valence-electron chi connectivity index (χ3n) is 5.16. The predicted octanol–water partition coefficient (Wildman–Crippen LogP) is 3.02. The van der Waals surface area contributed by atoms with Gasteiger partial charge in [0.15, 0.2) is 0 Å². The van der Waals surface area contributed by atoms with Crippen LogP contribution in [-0.4, -0.2) is 30.6 Å². The molecule has 1 unspecified atom stereocenters. The van der Waals surface area contributed by atoms with E-state index in [1.54, 1.807) is 0 Å². The van der Waals surface area contributed by atoms with Crippen molar-refractivity contribution in [1.82, 2.24) is 4.90 Å². The Labute approximate surface area is 107 Å². The SMILES string of the molecule is CC(C)C(N)CN1CCC2(CCCCC2)CC1. The van der Waals surface area contributed by atoms with E-state index in [1.807, 2.05) is 0 Å². The molecule has 0 radical (unpaired) electrons. The van der Waals surface area contributed by atoms with E-state index >= 15 is 0 Å². The Balaban J connectivity index is 1.77. The largest absolute Gasteiger partial charge is 0.326 e. The van der Waals surface area contributed by atoms with Gasteiger partial charge in [0.25, 0.3) is 0 Å². The molecule has 1 saturated carbocycles. The Morgan fingerprint density at radius 3 is 2.12 bits per heavy atom. The quantitative estimate of drug-likeness (QED) is 0.819. The van der Waals surface area contributed by atoms with Crippen molar-refractivity contribution in [2.75, 3.05) is 19.6 Å². The molecule has 2 aliphatic rings. The van der Waals surface area contributed by atoms with Crippen molar-refractivity contribution in [2.24, 2.45) is 17.1 Å². The topological polar surface area (TPSA) is 29.3 Å². The Bertz CT molecular complexity index is 221. The summed E-state index contributed by atoms with van der Waals surface area (Å²) in [6.45, 7) is 8.16. The van der Waals surface area contributed by atoms with Gasteiger partial charge in [-0.3, -0.25) is 0 Å². The van der Waals surface area contributed by atoms with Gasteiger partial charge in [0.05, 0.1) is 0 Å². The molecule has 1 atom stereocenters. The maximum Gasteiger partial charge on any atom is 0.0191 e. The second kappa shape index (κ2) is 5.71. The molecular formula is C15H30N2. The maximum absolute atomic E-state index is 6.18. The molecule has 1 heterocycles. The zero-order valence-electron chi connectivity index (χ0n) is 11.8. The number of hydrogen-bond donors (Lipinski definition) is 1. The third-order valence-corrected chi connectivity index (χ3v) is 5.16. The Morgan fingerprint density at radius 1 is 1.00 bits per heavy atom. The van der Waals surface area contributed by atoms with Crippen LogP contribution in [0.5, 0.6) is 0 Å². The second-order valence-corrected chi connectivity index (χ2v) is 6.77. The summed E-state index contributed by atoms with van der Waals surface area (Å²) in [7, 11) is 0. The summed E-state index contributed by atoms with van der Waals surface area (Å²) < 4.78 is 0. The highest BCUT2D eigenvalue weighted by molar-refractivity contribution is 4.89. The monoisotopic (exact) mass is 238 g/mol. The molecule has 1 aliphatic heterocycles. The van der Waals surface area contributed by atoms with Crippen LogP contribution in [0.25, 0.3) is 0 Å². The minimum Gasteiger partial charge on any atom is -0.326 e. The van der Waals surface area contributed by atoms with Gasteiger partial charge < -0.3 is 10.6 Å². The van der Waals surface area contributed by atoms with Crippen molar-refractivity contribution < 1.29 is 0 Å². The molecule has 1 aliphatic carbocycles. The van der Waals surface area contributed by atoms with Crippen LogP contribution in [-0.2, 0) is 0 Å². The van der Waals surface area contributed by atoms with Gasteiger partial charge in [0.1, 0.15) is 0 Å². The molecule has 2 heteroatoms. The Kier molecular flexibility index (Phi) is 4.48. The molecule has 2 nitrogen and oxygen atoms in total. The van der Waals surface area contributed by atoms with E-state index in [0.717, 1.165) is 12.0 Å². The molecule has 0 aromatic rings. The van der Waals surface area contributed by atoms with Gasteiger partial charge in [-0.2, -0.15) is 0 Å². The fourth-order valence-corrected chi connectivity index (χ4v) is 3.52. The van der Waals surface area contributed by atoms with E-state index in [0.29, 0.717) is 12.0 Å². The van der Waals surface area contributed by atoms with Crippen LogP contribution >= 0.6 is 0 Å². The number of piperidine rings is 1. The predicted molar refractivity (Wildman–Crippen MR) is 74.0 cm³/mol. The van der Waals surface area contributed by atoms with Crippen LogP contribution in [0.1, 0.15) is 58.8 Å². The second-order valence-electron chi connectivity index (χ2n) is 6.77. The first-order valence-electron chi connectivity index (χ1n) is 7.59. The summed E-state index contributed by atoms with van der Waals surface area (Å²) in [5, 5.41) is 0. The van der Waals surface area contributed by atoms with Crippen molar-refractivity contribution >= 4 is 0 Å². The lowest BCUT2D eigenvalue weighted by atomic mass is 9.68. The molecule has 2 N–H and O–H groups in total. The lowest BCUT2D eigenvalue weighted by Crippen LogP contribution is -2.47. The van der Waals surface area contributed by atoms with Gasteiger partial charge in [-0.25, -0.2) is 0 Å². The molecule has 17 heavy (non-hydrogen) atoms. The summed E-state index contributed by atoms with van der Waals surface area (Å²) >= 11 is 0. The summed E-state index contributed by atoms with van der Waals surface area (Å²) in [5.74, 6) is 0.612. The lowest BCUT2D eigenvalue weighted by Gasteiger charge is -2.45. The first-order valence-corrected chi connectivity index (χ1v) is 7.59. The Morgan fingerprint density at radius 2 is 1.59 bits per heavy atom. The number of likely N-dealkylation sites (tertiary alicyclic amines) is 1. The van der Waals surface area contributed by atoms with Crippen LogP contribution in [0, 0.1) is 11.3 Å². The molecule has 2 rings (SSSR count). The molecule has 0 amide bonds. The van der Waals surface area contributed by atoms with Crippen LogP contribution in [0.2, 0.25) is 0 Å². The molecule has 1 saturated heterocycles. The van der Waals surface area contributed by atoms with Crippen molar-refractivity contribution in [3.8, 4) is 0 Å². The zero-order chi connectivity index (χ0) is 12.3. The van der Waals surface area contributed by atoms with Crippen molar-refractivity contribution in [2.45, 2.75) is 64.8 Å². The van der Waals surface area contributed by atoms with Crippen molar-refractivity contribution in [1.29, 1.82) is 0 Å². The minimum absolute atomic E-state index is 0.357. The first-order chi connectivity index (χ1) is 8.11. The third kappa shape index (κ3) is 3.45. The van der Waals surface area contributed by atoms with Gasteiger partial charge >= 0.3 is 0 Å². The average Bonchev–Trinajstić information content (AvgIpc) is 2.33. The van der Waals surface area contributed by atoms with Gasteiger partial charge in [-0.1, -0.05) is 33.1 Å². The van der Waals surface area contributed by atoms with Crippen LogP contribution in [0.15, 0.2) is 0 Å². The van der Waals surface area contributed by atoms with E-state index in [1.165, 1.54) is 58.0 Å². The molecular weight excluding hydrogens is 208 g/mol. The molecule has 0 bridgehead atoms. The van der Waals surface area contributed by atoms with E-state index in [4.69, 9.17) is 5.73 Å². The minimum atomic E-state index is 0.357. The first kappa shape index (κ1) is 13.4. The molecule has 2 fully saturated rings. The maximum atomic E-state index is 6.18. The highest BCUT2D eigenvalue weighted by Crippen LogP contribution is 2.44. The molecule has 0 aromatic carbocycles. The summed E-state index contributed by atoms with van der Waals surface area (Å²) in [6, 6.07) is 0.357. The van der Waals surface area contributed by atoms with E-state index < -0.39 is 0 Å². The van der Waals surface area contributed by atoms with Crippen LogP contribution < -0.4 is 5.73 Å². The highest BCUT2D eigenvalue weighted by Gasteiger charge is 2.35. The number of nitrogens with two attached hydrogens (primary N) is 1. The van der Waals surface area contributed by atoms with Gasteiger partial charge in [-0.05, 0) is 50.1 Å². The number of rotatable bonds is 3. The summed E-state index contributed by atoms with van der Waals surface area (Å²) in [4.78, 5) is 2.60. The average molecular weight is 238 g/mol. The van der Waals surface area contributed by atoms with Crippen LogP contribution in [0.4, 0.5) is 0 Å². The van der Waals surface area contributed by atoms with E-state index in [2.05, 4.69) is 18.7 Å². The standard InChI is InChI=1S/C15H30N2/c1-13(2)14(16)12-17-10-8-15(9-11-17)6-4-3-5-7-15/h13-14H,3-12,16H2,1-2H3. The van der Waals surface area contributed by atoms with E-state index in [9.17, 15) is 0 Å². The van der Waals surface area contributed by atoms with Gasteiger partial charge in [0, 0.05) is 12.6 Å². The summed E-state index contributed by atoms with van der Waals surface area (Å²) in [6.07, 6.45) is 10.3. The van der Waals surface area contributed by atoms with Crippen molar-refractivity contribution in [3.05, 3.63) is 0 Å². The summed E-state index contributed by atoms with van der Waals surface area (Å²) in [5.41, 5.74) is 6.91. The molecule has 1 spiro atoms. The lowest BCUT2D eigenvalue weighted by molar-refractivity contribution is 0.0626. The van der Waals surface area contributed by atoms with Crippen molar-refractivity contribution in [3.63, 3.8) is 0 Å². The van der Waals surface area contributed by atoms with E-state index in [-0.39, 0.29) is 0 Å². The highest BCUT2D eigenvalue weighted by atomic mass is 15.1. The van der Waals surface area contributed by atoms with Crippen LogP contribution in [0.3, 0.4) is 0 Å². The normalized spacial score (nSPS) is 27.5. The van der Waals surface area contributed by atoms with Gasteiger partial charge in [-0.15, -0.1) is 0 Å². The van der Waals surface area contributed by atoms with Gasteiger partial charge in [0.2, 0.25) is 0 Å². The molecule has 100 valence electrons. The molecule has 0 aromatic heterocycles. The smallest absolute Gasteiger partial charge is 0.0191 e. The number of nitrogens with zero attached hydrogens (tertiary/aromatic N) is 1. The fraction of sp³-hybridized carbons (Fsp3) is 1.00. The Hall–Kier alpha value is -0.0800. The zero-order valence-corrected chi connectivity index (χ0v) is 11.8.